The summed E-state index contributed by atoms with van der Waals surface area (Å²) in [6.07, 6.45) is 5.05. The van der Waals surface area contributed by atoms with E-state index < -0.39 is 0 Å². The van der Waals surface area contributed by atoms with Crippen LogP contribution in [0.2, 0.25) is 0 Å². The summed E-state index contributed by atoms with van der Waals surface area (Å²) in [7, 11) is 0. The highest BCUT2D eigenvalue weighted by atomic mass is 16.5. The highest BCUT2D eigenvalue weighted by Crippen LogP contribution is 2.33. The minimum atomic E-state index is -0.238. The van der Waals surface area contributed by atoms with Gasteiger partial charge in [0.1, 0.15) is 17.1 Å². The number of morpholine rings is 1. The van der Waals surface area contributed by atoms with Gasteiger partial charge in [-0.05, 0) is 33.6 Å². The lowest BCUT2D eigenvalue weighted by molar-refractivity contribution is -0.0870. The second kappa shape index (κ2) is 6.92. The van der Waals surface area contributed by atoms with Crippen molar-refractivity contribution < 1.29 is 14.1 Å². The molecule has 2 fully saturated rings. The van der Waals surface area contributed by atoms with Crippen molar-refractivity contribution in [3.05, 3.63) is 35.1 Å². The van der Waals surface area contributed by atoms with Crippen molar-refractivity contribution >= 4 is 11.7 Å². The number of aryl methyl sites for hydroxylation is 3. The fourth-order valence-electron chi connectivity index (χ4n) is 4.10. The zero-order valence-electron chi connectivity index (χ0n) is 16.1. The number of hydrogen-bond donors (Lipinski definition) is 0. The molecule has 0 aliphatic carbocycles. The van der Waals surface area contributed by atoms with E-state index in [2.05, 4.69) is 20.0 Å². The first-order valence-electron chi connectivity index (χ1n) is 9.38. The Morgan fingerprint density at radius 1 is 1.07 bits per heavy atom. The fraction of sp³-hybridized carbons (Fsp3) is 0.579. The standard InChI is InChI=1S/C19H25N5O3/c1-13-16(15(3)27-22-13)18(25)23-8-4-19(5-9-23)12-24(10-11-26-19)17-14(2)20-6-7-21-17/h6-7H,4-5,8-12H2,1-3H3. The van der Waals surface area contributed by atoms with Gasteiger partial charge in [-0.25, -0.2) is 4.98 Å². The molecule has 2 aliphatic heterocycles. The number of nitrogens with zero attached hydrogens (tertiary/aromatic N) is 5. The lowest BCUT2D eigenvalue weighted by atomic mass is 9.89. The van der Waals surface area contributed by atoms with Gasteiger partial charge in [-0.15, -0.1) is 0 Å². The summed E-state index contributed by atoms with van der Waals surface area (Å²) in [5.41, 5.74) is 1.93. The lowest BCUT2D eigenvalue weighted by Gasteiger charge is -2.47. The Bertz CT molecular complexity index is 822. The van der Waals surface area contributed by atoms with Crippen molar-refractivity contribution in [1.82, 2.24) is 20.0 Å². The number of hydrogen-bond acceptors (Lipinski definition) is 7. The molecule has 0 bridgehead atoms. The molecule has 0 aromatic carbocycles. The molecule has 0 atom stereocenters. The Morgan fingerprint density at radius 2 is 1.81 bits per heavy atom. The van der Waals surface area contributed by atoms with Crippen LogP contribution in [0, 0.1) is 20.8 Å². The molecule has 4 heterocycles. The van der Waals surface area contributed by atoms with Crippen LogP contribution in [0.25, 0.3) is 0 Å². The van der Waals surface area contributed by atoms with E-state index in [0.29, 0.717) is 36.7 Å². The van der Waals surface area contributed by atoms with Crippen LogP contribution in [-0.4, -0.2) is 64.3 Å². The molecule has 0 unspecified atom stereocenters. The van der Waals surface area contributed by atoms with E-state index in [4.69, 9.17) is 9.26 Å². The fourth-order valence-corrected chi connectivity index (χ4v) is 4.10. The van der Waals surface area contributed by atoms with Gasteiger partial charge in [0.2, 0.25) is 0 Å². The van der Waals surface area contributed by atoms with E-state index in [9.17, 15) is 4.79 Å². The molecule has 144 valence electrons. The van der Waals surface area contributed by atoms with E-state index in [0.717, 1.165) is 37.4 Å². The highest BCUT2D eigenvalue weighted by Gasteiger charge is 2.41. The normalized spacial score (nSPS) is 19.5. The molecule has 1 amide bonds. The van der Waals surface area contributed by atoms with E-state index in [-0.39, 0.29) is 11.5 Å². The predicted octanol–water partition coefficient (Wildman–Crippen LogP) is 1.90. The summed E-state index contributed by atoms with van der Waals surface area (Å²) in [5, 5.41) is 3.90. The van der Waals surface area contributed by atoms with Crippen LogP contribution in [0.3, 0.4) is 0 Å². The van der Waals surface area contributed by atoms with Crippen molar-refractivity contribution in [3.8, 4) is 0 Å². The third-order valence-electron chi connectivity index (χ3n) is 5.61. The molecule has 27 heavy (non-hydrogen) atoms. The van der Waals surface area contributed by atoms with Gasteiger partial charge >= 0.3 is 0 Å². The molecule has 0 radical (unpaired) electrons. The summed E-state index contributed by atoms with van der Waals surface area (Å²) < 4.78 is 11.4. The minimum absolute atomic E-state index is 0.00136. The van der Waals surface area contributed by atoms with Crippen LogP contribution in [0.1, 0.15) is 40.3 Å². The minimum Gasteiger partial charge on any atom is -0.371 e. The second-order valence-corrected chi connectivity index (χ2v) is 7.41. The van der Waals surface area contributed by atoms with Gasteiger partial charge in [0.15, 0.2) is 0 Å². The molecule has 2 aliphatic rings. The number of amides is 1. The third kappa shape index (κ3) is 3.29. The zero-order chi connectivity index (χ0) is 19.0. The molecule has 2 aromatic heterocycles. The maximum Gasteiger partial charge on any atom is 0.259 e. The van der Waals surface area contributed by atoms with Gasteiger partial charge in [0.05, 0.1) is 23.6 Å². The first kappa shape index (κ1) is 17.9. The molecule has 2 aromatic rings. The van der Waals surface area contributed by atoms with Gasteiger partial charge in [0.25, 0.3) is 5.91 Å². The number of rotatable bonds is 2. The Morgan fingerprint density at radius 3 is 2.48 bits per heavy atom. The number of carbonyl (C=O) groups is 1. The van der Waals surface area contributed by atoms with Crippen molar-refractivity contribution in [2.75, 3.05) is 37.7 Å². The molecule has 0 saturated carbocycles. The Balaban J connectivity index is 1.45. The summed E-state index contributed by atoms with van der Waals surface area (Å²) in [6, 6.07) is 0. The molecule has 8 heteroatoms. The van der Waals surface area contributed by atoms with Crippen molar-refractivity contribution in [2.24, 2.45) is 0 Å². The number of aromatic nitrogens is 3. The van der Waals surface area contributed by atoms with Crippen LogP contribution in [0.15, 0.2) is 16.9 Å². The zero-order valence-corrected chi connectivity index (χ0v) is 16.1. The topological polar surface area (TPSA) is 84.6 Å². The highest BCUT2D eigenvalue weighted by molar-refractivity contribution is 5.96. The summed E-state index contributed by atoms with van der Waals surface area (Å²) in [4.78, 5) is 25.9. The first-order chi connectivity index (χ1) is 13.0. The average molecular weight is 371 g/mol. The van der Waals surface area contributed by atoms with Gasteiger partial charge < -0.3 is 19.1 Å². The summed E-state index contributed by atoms with van der Waals surface area (Å²) >= 11 is 0. The number of anilines is 1. The second-order valence-electron chi connectivity index (χ2n) is 7.41. The van der Waals surface area contributed by atoms with Crippen LogP contribution >= 0.6 is 0 Å². The molecule has 4 rings (SSSR count). The average Bonchev–Trinajstić information content (AvgIpc) is 3.01. The number of carbonyl (C=O) groups excluding carboxylic acids is 1. The Hall–Kier alpha value is -2.48. The molecule has 1 spiro atoms. The number of ether oxygens (including phenoxy) is 1. The molecular formula is C19H25N5O3. The van der Waals surface area contributed by atoms with Gasteiger partial charge in [-0.1, -0.05) is 5.16 Å². The monoisotopic (exact) mass is 371 g/mol. The lowest BCUT2D eigenvalue weighted by Crippen LogP contribution is -2.58. The van der Waals surface area contributed by atoms with Crippen molar-refractivity contribution in [1.29, 1.82) is 0 Å². The van der Waals surface area contributed by atoms with E-state index in [1.807, 2.05) is 11.8 Å². The quantitative estimate of drug-likeness (QED) is 0.797. The molecule has 2 saturated heterocycles. The predicted molar refractivity (Wildman–Crippen MR) is 98.8 cm³/mol. The maximum atomic E-state index is 12.9. The van der Waals surface area contributed by atoms with Crippen LogP contribution in [0.4, 0.5) is 5.82 Å². The molecule has 8 nitrogen and oxygen atoms in total. The van der Waals surface area contributed by atoms with E-state index in [1.54, 1.807) is 26.2 Å². The first-order valence-corrected chi connectivity index (χ1v) is 9.38. The molecule has 0 N–H and O–H groups in total. The molecular weight excluding hydrogens is 346 g/mol. The van der Waals surface area contributed by atoms with Crippen LogP contribution in [-0.2, 0) is 4.74 Å². The third-order valence-corrected chi connectivity index (χ3v) is 5.61. The largest absolute Gasteiger partial charge is 0.371 e. The number of likely N-dealkylation sites (tertiary alicyclic amines) is 1. The smallest absolute Gasteiger partial charge is 0.259 e. The Kier molecular flexibility index (Phi) is 4.59. The summed E-state index contributed by atoms with van der Waals surface area (Å²) in [5.74, 6) is 1.50. The van der Waals surface area contributed by atoms with Gasteiger partial charge in [0, 0.05) is 38.6 Å². The van der Waals surface area contributed by atoms with E-state index >= 15 is 0 Å². The number of piperidine rings is 1. The SMILES string of the molecule is Cc1nccnc1N1CCOC2(CCN(C(=O)c3c(C)noc3C)CC2)C1. The van der Waals surface area contributed by atoms with Crippen molar-refractivity contribution in [3.63, 3.8) is 0 Å². The van der Waals surface area contributed by atoms with Gasteiger partial charge in [-0.2, -0.15) is 0 Å². The van der Waals surface area contributed by atoms with Crippen LogP contribution < -0.4 is 4.90 Å². The maximum absolute atomic E-state index is 12.9. The summed E-state index contributed by atoms with van der Waals surface area (Å²) in [6.45, 7) is 9.14. The van der Waals surface area contributed by atoms with Gasteiger partial charge in [-0.3, -0.25) is 9.78 Å². The van der Waals surface area contributed by atoms with E-state index in [1.165, 1.54) is 0 Å². The van der Waals surface area contributed by atoms with Crippen molar-refractivity contribution in [2.45, 2.75) is 39.2 Å². The Labute approximate surface area is 158 Å². The van der Waals surface area contributed by atoms with Crippen LogP contribution in [0.5, 0.6) is 0 Å².